The van der Waals surface area contributed by atoms with Crippen LogP contribution in [0.2, 0.25) is 0 Å². The van der Waals surface area contributed by atoms with Crippen molar-refractivity contribution in [3.05, 3.63) is 28.1 Å². The van der Waals surface area contributed by atoms with E-state index in [0.29, 0.717) is 5.92 Å². The Morgan fingerprint density at radius 2 is 2.33 bits per heavy atom. The van der Waals surface area contributed by atoms with Gasteiger partial charge in [-0.2, -0.15) is 0 Å². The molecule has 1 aromatic carbocycles. The zero-order valence-corrected chi connectivity index (χ0v) is 10.3. The minimum absolute atomic E-state index is 0.0672. The molecule has 2 rings (SSSR count). The second-order valence-corrected chi connectivity index (χ2v) is 4.42. The second-order valence-electron chi connectivity index (χ2n) is 4.42. The summed E-state index contributed by atoms with van der Waals surface area (Å²) in [5.41, 5.74) is -0.0956. The molecule has 98 valence electrons. The highest BCUT2D eigenvalue weighted by Crippen LogP contribution is 2.39. The Hall–Kier alpha value is -1.85. The molecule has 0 spiro atoms. The van der Waals surface area contributed by atoms with Crippen LogP contribution >= 0.6 is 0 Å². The molecule has 1 N–H and O–H groups in total. The minimum atomic E-state index is -0.655. The predicted octanol–water partition coefficient (Wildman–Crippen LogP) is 2.95. The van der Waals surface area contributed by atoms with E-state index < -0.39 is 10.7 Å². The van der Waals surface area contributed by atoms with Crippen molar-refractivity contribution in [2.24, 2.45) is 5.92 Å². The van der Waals surface area contributed by atoms with Crippen molar-refractivity contribution in [2.45, 2.75) is 25.8 Å². The lowest BCUT2D eigenvalue weighted by molar-refractivity contribution is -0.385. The van der Waals surface area contributed by atoms with Crippen molar-refractivity contribution in [1.82, 2.24) is 0 Å². The van der Waals surface area contributed by atoms with Gasteiger partial charge in [-0.1, -0.05) is 13.3 Å². The van der Waals surface area contributed by atoms with Crippen molar-refractivity contribution < 1.29 is 14.1 Å². The lowest BCUT2D eigenvalue weighted by Gasteiger charge is -2.09. The first-order chi connectivity index (χ1) is 8.56. The van der Waals surface area contributed by atoms with E-state index in [9.17, 15) is 14.5 Å². The predicted molar refractivity (Wildman–Crippen MR) is 65.4 cm³/mol. The van der Waals surface area contributed by atoms with Gasteiger partial charge in [0.1, 0.15) is 0 Å². The highest BCUT2D eigenvalue weighted by Gasteiger charge is 2.36. The van der Waals surface area contributed by atoms with E-state index in [4.69, 9.17) is 4.74 Å². The number of nitro benzene ring substituents is 1. The minimum Gasteiger partial charge on any atom is -0.490 e. The number of nitro groups is 1. The van der Waals surface area contributed by atoms with E-state index in [1.54, 1.807) is 0 Å². The van der Waals surface area contributed by atoms with E-state index >= 15 is 0 Å². The first kappa shape index (κ1) is 12.6. The van der Waals surface area contributed by atoms with Crippen LogP contribution < -0.4 is 10.1 Å². The Bertz CT molecular complexity index is 479. The Morgan fingerprint density at radius 1 is 1.61 bits per heavy atom. The number of ether oxygens (including phenoxy) is 1. The van der Waals surface area contributed by atoms with Crippen LogP contribution in [0.15, 0.2) is 12.1 Å². The summed E-state index contributed by atoms with van der Waals surface area (Å²) in [6.07, 6.45) is 2.05. The summed E-state index contributed by atoms with van der Waals surface area (Å²) in [5.74, 6) is 0.00689. The number of halogens is 1. The zero-order valence-electron chi connectivity index (χ0n) is 10.3. The lowest BCUT2D eigenvalue weighted by Crippen LogP contribution is -2.07. The van der Waals surface area contributed by atoms with E-state index in [1.807, 2.05) is 0 Å². The van der Waals surface area contributed by atoms with Crippen LogP contribution in [0, 0.1) is 21.8 Å². The molecule has 6 heteroatoms. The average Bonchev–Trinajstić information content (AvgIpc) is 3.09. The maximum atomic E-state index is 13.7. The van der Waals surface area contributed by atoms with Crippen molar-refractivity contribution >= 4 is 11.4 Å². The fourth-order valence-corrected chi connectivity index (χ4v) is 2.03. The van der Waals surface area contributed by atoms with Crippen molar-refractivity contribution in [2.75, 3.05) is 12.4 Å². The van der Waals surface area contributed by atoms with Crippen molar-refractivity contribution in [1.29, 1.82) is 0 Å². The molecular weight excluding hydrogens is 239 g/mol. The van der Waals surface area contributed by atoms with Gasteiger partial charge in [0.25, 0.3) is 0 Å². The maximum Gasteiger partial charge on any atom is 0.313 e. The Labute approximate surface area is 104 Å². The van der Waals surface area contributed by atoms with Crippen LogP contribution in [0.5, 0.6) is 5.75 Å². The Balaban J connectivity index is 2.23. The summed E-state index contributed by atoms with van der Waals surface area (Å²) >= 11 is 0. The summed E-state index contributed by atoms with van der Waals surface area (Å²) in [7, 11) is 1.33. The van der Waals surface area contributed by atoms with Crippen LogP contribution in [0.1, 0.15) is 19.8 Å². The molecule has 1 aromatic rings. The summed E-state index contributed by atoms with van der Waals surface area (Å²) in [5, 5.41) is 13.8. The molecule has 0 amide bonds. The SMILES string of the molecule is CCC1CC1Nc1cc(OC)c([N+](=O)[O-])cc1F. The number of rotatable bonds is 5. The van der Waals surface area contributed by atoms with Gasteiger partial charge in [0.15, 0.2) is 11.6 Å². The quantitative estimate of drug-likeness (QED) is 0.648. The largest absolute Gasteiger partial charge is 0.490 e. The van der Waals surface area contributed by atoms with Crippen LogP contribution in [0.25, 0.3) is 0 Å². The summed E-state index contributed by atoms with van der Waals surface area (Å²) in [4.78, 5) is 10.1. The third-order valence-electron chi connectivity index (χ3n) is 3.25. The number of hydrogen-bond donors (Lipinski definition) is 1. The van der Waals surface area contributed by atoms with Crippen LogP contribution in [0.3, 0.4) is 0 Å². The first-order valence-electron chi connectivity index (χ1n) is 5.85. The number of methoxy groups -OCH3 is 1. The number of benzene rings is 1. The third-order valence-corrected chi connectivity index (χ3v) is 3.25. The molecule has 1 saturated carbocycles. The lowest BCUT2D eigenvalue weighted by atomic mass is 10.2. The molecule has 0 bridgehead atoms. The van der Waals surface area contributed by atoms with Crippen LogP contribution in [-0.4, -0.2) is 18.1 Å². The summed E-state index contributed by atoms with van der Waals surface area (Å²) in [6, 6.07) is 2.50. The van der Waals surface area contributed by atoms with E-state index in [0.717, 1.165) is 18.9 Å². The van der Waals surface area contributed by atoms with Crippen LogP contribution in [-0.2, 0) is 0 Å². The second kappa shape index (κ2) is 4.80. The standard InChI is InChI=1S/C12H15FN2O3/c1-3-7-4-9(7)14-10-6-12(18-2)11(15(16)17)5-8(10)13/h5-7,9,14H,3-4H2,1-2H3. The van der Waals surface area contributed by atoms with E-state index in [2.05, 4.69) is 12.2 Å². The van der Waals surface area contributed by atoms with E-state index in [-0.39, 0.29) is 23.2 Å². The first-order valence-corrected chi connectivity index (χ1v) is 5.85. The average molecular weight is 254 g/mol. The van der Waals surface area contributed by atoms with Gasteiger partial charge in [-0.25, -0.2) is 4.39 Å². The molecular formula is C12H15FN2O3. The smallest absolute Gasteiger partial charge is 0.313 e. The Morgan fingerprint density at radius 3 is 2.83 bits per heavy atom. The van der Waals surface area contributed by atoms with Gasteiger partial charge in [0, 0.05) is 12.1 Å². The van der Waals surface area contributed by atoms with Gasteiger partial charge < -0.3 is 10.1 Å². The fraction of sp³-hybridized carbons (Fsp3) is 0.500. The molecule has 1 aliphatic carbocycles. The van der Waals surface area contributed by atoms with Gasteiger partial charge in [0.2, 0.25) is 0 Å². The maximum absolute atomic E-state index is 13.7. The van der Waals surface area contributed by atoms with Crippen molar-refractivity contribution in [3.8, 4) is 5.75 Å². The molecule has 18 heavy (non-hydrogen) atoms. The molecule has 1 aliphatic rings. The number of hydrogen-bond acceptors (Lipinski definition) is 4. The highest BCUT2D eigenvalue weighted by molar-refractivity contribution is 5.59. The van der Waals surface area contributed by atoms with Gasteiger partial charge >= 0.3 is 5.69 Å². The Kier molecular flexibility index (Phi) is 3.36. The molecule has 2 unspecified atom stereocenters. The number of nitrogens with one attached hydrogen (secondary N) is 1. The normalized spacial score (nSPS) is 21.5. The third kappa shape index (κ3) is 2.37. The molecule has 0 heterocycles. The van der Waals surface area contributed by atoms with E-state index in [1.165, 1.54) is 13.2 Å². The fourth-order valence-electron chi connectivity index (χ4n) is 2.03. The van der Waals surface area contributed by atoms with Gasteiger partial charge in [-0.15, -0.1) is 0 Å². The monoisotopic (exact) mass is 254 g/mol. The summed E-state index contributed by atoms with van der Waals surface area (Å²) < 4.78 is 18.6. The van der Waals surface area contributed by atoms with Gasteiger partial charge in [-0.3, -0.25) is 10.1 Å². The molecule has 0 radical (unpaired) electrons. The molecule has 0 saturated heterocycles. The zero-order chi connectivity index (χ0) is 13.3. The topological polar surface area (TPSA) is 64.4 Å². The van der Waals surface area contributed by atoms with Crippen LogP contribution in [0.4, 0.5) is 15.8 Å². The number of anilines is 1. The number of nitrogens with zero attached hydrogens (tertiary/aromatic N) is 1. The molecule has 2 atom stereocenters. The summed E-state index contributed by atoms with van der Waals surface area (Å²) in [6.45, 7) is 2.08. The molecule has 1 fully saturated rings. The van der Waals surface area contributed by atoms with Gasteiger partial charge in [-0.05, 0) is 12.3 Å². The molecule has 5 nitrogen and oxygen atoms in total. The molecule has 0 aromatic heterocycles. The molecule has 0 aliphatic heterocycles. The van der Waals surface area contributed by atoms with Gasteiger partial charge in [0.05, 0.1) is 23.8 Å². The van der Waals surface area contributed by atoms with Crippen molar-refractivity contribution in [3.63, 3.8) is 0 Å². The highest BCUT2D eigenvalue weighted by atomic mass is 19.1.